The molecule has 0 saturated heterocycles. The molecule has 0 amide bonds. The molecule has 0 spiro atoms. The molecule has 72 valence electrons. The van der Waals surface area contributed by atoms with Crippen molar-refractivity contribution in [1.29, 1.82) is 0 Å². The third kappa shape index (κ3) is 1.64. The van der Waals surface area contributed by atoms with E-state index < -0.39 is 0 Å². The van der Waals surface area contributed by atoms with Crippen molar-refractivity contribution >= 4 is 10.9 Å². The second-order valence-corrected chi connectivity index (χ2v) is 3.27. The number of benzene rings is 1. The fourth-order valence-corrected chi connectivity index (χ4v) is 1.65. The van der Waals surface area contributed by atoms with Crippen LogP contribution in [0.25, 0.3) is 10.9 Å². The van der Waals surface area contributed by atoms with Crippen molar-refractivity contribution in [3.63, 3.8) is 0 Å². The van der Waals surface area contributed by atoms with Crippen molar-refractivity contribution in [2.45, 2.75) is 6.42 Å². The average Bonchev–Trinajstić information content (AvgIpc) is 2.63. The van der Waals surface area contributed by atoms with Gasteiger partial charge in [0, 0.05) is 23.6 Å². The maximum absolute atomic E-state index is 3.62. The van der Waals surface area contributed by atoms with E-state index in [-0.39, 0.29) is 0 Å². The fourth-order valence-electron chi connectivity index (χ4n) is 1.65. The predicted molar refractivity (Wildman–Crippen MR) is 60.2 cm³/mol. The summed E-state index contributed by atoms with van der Waals surface area (Å²) in [5.74, 6) is 0. The number of hydrogen-bond acceptors (Lipinski definition) is 1. The lowest BCUT2D eigenvalue weighted by atomic mass is 10.1. The fraction of sp³-hybridized carbons (Fsp3) is 0.167. The zero-order valence-electron chi connectivity index (χ0n) is 8.09. The largest absolute Gasteiger partial charge is 0.391 e. The molecule has 0 aliphatic rings. The molecule has 1 aromatic carbocycles. The van der Waals surface area contributed by atoms with E-state index in [1.807, 2.05) is 6.07 Å². The number of H-pyrrole nitrogens is 1. The van der Waals surface area contributed by atoms with E-state index in [4.69, 9.17) is 0 Å². The molecule has 0 radical (unpaired) electrons. The highest BCUT2D eigenvalue weighted by atomic mass is 14.8. The Labute approximate surface area is 83.6 Å². The molecule has 1 aromatic heterocycles. The molecule has 1 heterocycles. The number of aromatic nitrogens is 1. The molecule has 14 heavy (non-hydrogen) atoms. The minimum absolute atomic E-state index is 0.936. The number of hydrogen-bond donors (Lipinski definition) is 2. The van der Waals surface area contributed by atoms with E-state index in [0.29, 0.717) is 0 Å². The summed E-state index contributed by atoms with van der Waals surface area (Å²) in [6.07, 6.45) is 4.83. The summed E-state index contributed by atoms with van der Waals surface area (Å²) in [4.78, 5) is 3.26. The van der Waals surface area contributed by atoms with Gasteiger partial charge in [0.15, 0.2) is 0 Å². The Morgan fingerprint density at radius 2 is 2.21 bits per heavy atom. The van der Waals surface area contributed by atoms with Crippen LogP contribution in [0.1, 0.15) is 5.56 Å². The Morgan fingerprint density at radius 1 is 1.36 bits per heavy atom. The predicted octanol–water partition coefficient (Wildman–Crippen LogP) is 2.44. The molecule has 0 bridgehead atoms. The van der Waals surface area contributed by atoms with Crippen LogP contribution >= 0.6 is 0 Å². The Morgan fingerprint density at radius 3 is 3.07 bits per heavy atom. The lowest BCUT2D eigenvalue weighted by molar-refractivity contribution is 0.838. The molecule has 2 heteroatoms. The lowest BCUT2D eigenvalue weighted by Gasteiger charge is -1.99. The highest BCUT2D eigenvalue weighted by Crippen LogP contribution is 2.17. The van der Waals surface area contributed by atoms with Gasteiger partial charge in [-0.05, 0) is 24.3 Å². The summed E-state index contributed by atoms with van der Waals surface area (Å²) in [5, 5.41) is 4.42. The number of fused-ring (bicyclic) bond motifs is 1. The van der Waals surface area contributed by atoms with Gasteiger partial charge in [0.2, 0.25) is 0 Å². The van der Waals surface area contributed by atoms with Crippen molar-refractivity contribution in [3.8, 4) is 0 Å². The zero-order valence-corrected chi connectivity index (χ0v) is 8.09. The Bertz CT molecular complexity index is 429. The first-order chi connectivity index (χ1) is 6.92. The summed E-state index contributed by atoms with van der Waals surface area (Å²) >= 11 is 0. The second kappa shape index (κ2) is 4.01. The van der Waals surface area contributed by atoms with Gasteiger partial charge in [0.05, 0.1) is 0 Å². The molecule has 0 aliphatic carbocycles. The van der Waals surface area contributed by atoms with E-state index in [0.717, 1.165) is 13.0 Å². The molecule has 2 aromatic rings. The summed E-state index contributed by atoms with van der Waals surface area (Å²) < 4.78 is 0. The Balaban J connectivity index is 2.20. The number of rotatable bonds is 4. The van der Waals surface area contributed by atoms with E-state index in [2.05, 4.69) is 41.3 Å². The van der Waals surface area contributed by atoms with Crippen LogP contribution < -0.4 is 5.32 Å². The van der Waals surface area contributed by atoms with E-state index in [9.17, 15) is 0 Å². The maximum Gasteiger partial charge on any atom is 0.0456 e. The number of para-hydroxylation sites is 1. The van der Waals surface area contributed by atoms with Crippen LogP contribution in [0.5, 0.6) is 0 Å². The molecule has 2 nitrogen and oxygen atoms in total. The van der Waals surface area contributed by atoms with Crippen molar-refractivity contribution in [3.05, 3.63) is 48.8 Å². The van der Waals surface area contributed by atoms with Crippen LogP contribution in [-0.2, 0) is 6.42 Å². The van der Waals surface area contributed by atoms with Crippen LogP contribution in [0.4, 0.5) is 0 Å². The highest BCUT2D eigenvalue weighted by molar-refractivity contribution is 5.83. The molecule has 0 atom stereocenters. The molecular weight excluding hydrogens is 172 g/mol. The smallest absolute Gasteiger partial charge is 0.0456 e. The first-order valence-electron chi connectivity index (χ1n) is 4.81. The molecule has 2 rings (SSSR count). The minimum atomic E-state index is 0.936. The van der Waals surface area contributed by atoms with Gasteiger partial charge in [0.1, 0.15) is 0 Å². The van der Waals surface area contributed by atoms with Crippen LogP contribution in [0.15, 0.2) is 43.2 Å². The molecule has 2 N–H and O–H groups in total. The van der Waals surface area contributed by atoms with Crippen molar-refractivity contribution in [1.82, 2.24) is 10.3 Å². The van der Waals surface area contributed by atoms with Crippen molar-refractivity contribution in [2.24, 2.45) is 0 Å². The molecule has 0 unspecified atom stereocenters. The van der Waals surface area contributed by atoms with Crippen molar-refractivity contribution in [2.75, 3.05) is 6.54 Å². The van der Waals surface area contributed by atoms with Gasteiger partial charge in [-0.25, -0.2) is 0 Å². The maximum atomic E-state index is 3.62. The third-order valence-corrected chi connectivity index (χ3v) is 2.36. The first-order valence-corrected chi connectivity index (χ1v) is 4.81. The highest BCUT2D eigenvalue weighted by Gasteiger charge is 2.00. The van der Waals surface area contributed by atoms with Gasteiger partial charge in [-0.15, -0.1) is 0 Å². The van der Waals surface area contributed by atoms with E-state index in [1.165, 1.54) is 16.5 Å². The minimum Gasteiger partial charge on any atom is -0.391 e. The first kappa shape index (κ1) is 8.88. The molecule has 0 aliphatic heterocycles. The Kier molecular flexibility index (Phi) is 2.54. The van der Waals surface area contributed by atoms with E-state index in [1.54, 1.807) is 6.20 Å². The van der Waals surface area contributed by atoms with Gasteiger partial charge in [-0.1, -0.05) is 24.8 Å². The molecule has 0 saturated carbocycles. The van der Waals surface area contributed by atoms with Gasteiger partial charge >= 0.3 is 0 Å². The quantitative estimate of drug-likeness (QED) is 0.705. The topological polar surface area (TPSA) is 27.8 Å². The third-order valence-electron chi connectivity index (χ3n) is 2.36. The summed E-state index contributed by atoms with van der Waals surface area (Å²) in [6, 6.07) is 8.36. The Hall–Kier alpha value is -1.70. The summed E-state index contributed by atoms with van der Waals surface area (Å²) in [7, 11) is 0. The van der Waals surface area contributed by atoms with Gasteiger partial charge < -0.3 is 10.3 Å². The van der Waals surface area contributed by atoms with Crippen molar-refractivity contribution < 1.29 is 0 Å². The van der Waals surface area contributed by atoms with Crippen LogP contribution in [0.2, 0.25) is 0 Å². The lowest BCUT2D eigenvalue weighted by Crippen LogP contribution is -2.08. The van der Waals surface area contributed by atoms with Crippen LogP contribution in [-0.4, -0.2) is 11.5 Å². The van der Waals surface area contributed by atoms with Gasteiger partial charge in [-0.3, -0.25) is 0 Å². The normalized spacial score (nSPS) is 10.3. The van der Waals surface area contributed by atoms with Crippen LogP contribution in [0, 0.1) is 0 Å². The zero-order chi connectivity index (χ0) is 9.80. The number of aromatic amines is 1. The summed E-state index contributed by atoms with van der Waals surface area (Å²) in [5.41, 5.74) is 2.57. The average molecular weight is 186 g/mol. The standard InChI is InChI=1S/C12H14N2/c1-2-13-8-7-10-9-14-12-6-4-3-5-11(10)12/h2-6,9,13-14H,1,7-8H2. The summed E-state index contributed by atoms with van der Waals surface area (Å²) in [6.45, 7) is 4.56. The molecule has 0 fully saturated rings. The SMILES string of the molecule is C=CNCCc1c[nH]c2ccccc12. The monoisotopic (exact) mass is 186 g/mol. The second-order valence-electron chi connectivity index (χ2n) is 3.27. The van der Waals surface area contributed by atoms with Crippen LogP contribution in [0.3, 0.4) is 0 Å². The van der Waals surface area contributed by atoms with E-state index >= 15 is 0 Å². The molecular formula is C12H14N2. The van der Waals surface area contributed by atoms with Gasteiger partial charge in [0.25, 0.3) is 0 Å². The van der Waals surface area contributed by atoms with Gasteiger partial charge in [-0.2, -0.15) is 0 Å². The number of nitrogens with one attached hydrogen (secondary N) is 2.